The van der Waals surface area contributed by atoms with E-state index in [2.05, 4.69) is 35.4 Å². The van der Waals surface area contributed by atoms with Gasteiger partial charge in [0.25, 0.3) is 0 Å². The molecule has 0 atom stereocenters. The first kappa shape index (κ1) is 9.45. The molecule has 1 radical (unpaired) electrons. The third-order valence-corrected chi connectivity index (χ3v) is 0. The van der Waals surface area contributed by atoms with E-state index in [0.29, 0.717) is 0 Å². The summed E-state index contributed by atoms with van der Waals surface area (Å²) in [5.41, 5.74) is 0. The van der Waals surface area contributed by atoms with Crippen LogP contribution in [0.5, 0.6) is 0 Å². The third kappa shape index (κ3) is 8.93. The molecule has 0 aromatic rings. The normalized spacial score (nSPS) is 4.50. The molecule has 0 heterocycles. The van der Waals surface area contributed by atoms with Crippen LogP contribution in [0.2, 0.25) is 0 Å². The van der Waals surface area contributed by atoms with E-state index in [0.717, 1.165) is 0 Å². The number of rotatable bonds is 0. The molecule has 0 spiro atoms. The summed E-state index contributed by atoms with van der Waals surface area (Å²) in [6.07, 6.45) is 0. The number of hydrogen-bond donors (Lipinski definition) is 0. The second-order valence-corrected chi connectivity index (χ2v) is 1.57. The van der Waals surface area contributed by atoms with Crippen LogP contribution in [0.3, 0.4) is 0 Å². The Labute approximate surface area is 70.0 Å². The van der Waals surface area contributed by atoms with Crippen LogP contribution < -0.4 is 0 Å². The summed E-state index contributed by atoms with van der Waals surface area (Å²) in [6, 6.07) is 0. The second-order valence-electron chi connectivity index (χ2n) is 0.0583. The van der Waals surface area contributed by atoms with Gasteiger partial charge in [-0.25, -0.2) is 2.92 Å². The predicted molar refractivity (Wildman–Crippen MR) is 18.9 cm³/mol. The first-order valence-corrected chi connectivity index (χ1v) is 1.60. The first-order valence-electron chi connectivity index (χ1n) is 0.309. The number of halogens is 2. The summed E-state index contributed by atoms with van der Waals surface area (Å²) >= 11 is 5.12. The second kappa shape index (κ2) is 8.93. The average molecular weight is 315 g/mol. The molecule has 0 aliphatic carbocycles. The van der Waals surface area contributed by atoms with Crippen molar-refractivity contribution in [1.82, 2.24) is 0 Å². The Bertz CT molecular complexity index is 6.00. The molecule has 0 saturated carbocycles. The van der Waals surface area contributed by atoms with Crippen LogP contribution in [0.15, 0.2) is 0 Å². The Morgan fingerprint density at radius 1 is 1.25 bits per heavy atom. The zero-order valence-corrected chi connectivity index (χ0v) is 8.54. The summed E-state index contributed by atoms with van der Waals surface area (Å²) < 4.78 is 3.88. The molecule has 0 saturated heterocycles. The maximum absolute atomic E-state index is 3.88. The summed E-state index contributed by atoms with van der Waals surface area (Å²) in [7, 11) is 0. The zero-order valence-electron chi connectivity index (χ0n) is 1.74. The van der Waals surface area contributed by atoms with Gasteiger partial charge in [-0.1, -0.05) is 0 Å². The summed E-state index contributed by atoms with van der Waals surface area (Å²) in [5.74, 6) is 0. The molecule has 4 heavy (non-hydrogen) atoms. The standard InChI is InChI=1S/Br2O.La/c1-3-2;. The van der Waals surface area contributed by atoms with Crippen molar-refractivity contribution in [2.75, 3.05) is 0 Å². The van der Waals surface area contributed by atoms with Gasteiger partial charge in [-0.2, -0.15) is 0 Å². The van der Waals surface area contributed by atoms with Crippen LogP contribution in [0, 0.1) is 35.6 Å². The fourth-order valence-corrected chi connectivity index (χ4v) is 0. The quantitative estimate of drug-likeness (QED) is 0.660. The van der Waals surface area contributed by atoms with E-state index in [1.165, 1.54) is 0 Å². The minimum absolute atomic E-state index is 0. The van der Waals surface area contributed by atoms with E-state index in [9.17, 15) is 0 Å². The monoisotopic (exact) mass is 313 g/mol. The molecule has 0 fully saturated rings. The molecule has 0 bridgehead atoms. The van der Waals surface area contributed by atoms with Crippen molar-refractivity contribution >= 4 is 32.5 Å². The first-order chi connectivity index (χ1) is 1.41. The van der Waals surface area contributed by atoms with Crippen molar-refractivity contribution < 1.29 is 38.5 Å². The van der Waals surface area contributed by atoms with Gasteiger partial charge >= 0.3 is 0 Å². The summed E-state index contributed by atoms with van der Waals surface area (Å²) in [6.45, 7) is 0. The third-order valence-electron chi connectivity index (χ3n) is 0. The minimum atomic E-state index is 0. The van der Waals surface area contributed by atoms with Crippen molar-refractivity contribution in [3.8, 4) is 0 Å². The summed E-state index contributed by atoms with van der Waals surface area (Å²) in [5, 5.41) is 0. The van der Waals surface area contributed by atoms with Crippen LogP contribution in [-0.4, -0.2) is 0 Å². The molecular weight excluding hydrogens is 315 g/mol. The smallest absolute Gasteiger partial charge is 0.115 e. The molecule has 0 amide bonds. The Morgan fingerprint density at radius 3 is 1.25 bits per heavy atom. The molecule has 0 aromatic carbocycles. The van der Waals surface area contributed by atoms with E-state index in [1.807, 2.05) is 0 Å². The minimum Gasteiger partial charge on any atom is -0.230 e. The van der Waals surface area contributed by atoms with Crippen LogP contribution in [-0.2, 0) is 2.92 Å². The zero-order chi connectivity index (χ0) is 2.71. The van der Waals surface area contributed by atoms with Gasteiger partial charge in [-0.15, -0.1) is 0 Å². The van der Waals surface area contributed by atoms with Gasteiger partial charge in [0, 0.05) is 35.6 Å². The van der Waals surface area contributed by atoms with Crippen molar-refractivity contribution in [2.45, 2.75) is 0 Å². The van der Waals surface area contributed by atoms with Crippen molar-refractivity contribution in [2.24, 2.45) is 0 Å². The molecule has 0 aromatic heterocycles. The Balaban J connectivity index is 0. The van der Waals surface area contributed by atoms with Gasteiger partial charge < -0.3 is 0 Å². The Hall–Kier alpha value is 2.11. The maximum atomic E-state index is 3.88. The van der Waals surface area contributed by atoms with Gasteiger partial charge in [0.2, 0.25) is 0 Å². The maximum Gasteiger partial charge on any atom is 0.115 e. The largest absolute Gasteiger partial charge is 0.230 e. The van der Waals surface area contributed by atoms with E-state index in [-0.39, 0.29) is 35.6 Å². The predicted octanol–water partition coefficient (Wildman–Crippen LogP) is 1.62. The number of hydrogen-bond acceptors (Lipinski definition) is 1. The fraction of sp³-hybridized carbons (Fsp3) is 0. The molecule has 0 aliphatic heterocycles. The molecule has 4 heteroatoms. The van der Waals surface area contributed by atoms with Crippen molar-refractivity contribution in [3.05, 3.63) is 0 Å². The Kier molecular flexibility index (Phi) is 21.1. The van der Waals surface area contributed by atoms with Gasteiger partial charge in [0.15, 0.2) is 0 Å². The molecule has 23 valence electrons. The molecule has 0 N–H and O–H groups in total. The van der Waals surface area contributed by atoms with Gasteiger partial charge in [-0.05, 0) is 0 Å². The molecule has 0 rings (SSSR count). The molecule has 1 nitrogen and oxygen atoms in total. The SMILES string of the molecule is BrOBr.[La]. The van der Waals surface area contributed by atoms with E-state index in [1.54, 1.807) is 0 Å². The van der Waals surface area contributed by atoms with E-state index in [4.69, 9.17) is 0 Å². The molecule has 0 unspecified atom stereocenters. The Morgan fingerprint density at radius 2 is 1.25 bits per heavy atom. The fourth-order valence-electron chi connectivity index (χ4n) is 0. The van der Waals surface area contributed by atoms with E-state index < -0.39 is 0 Å². The van der Waals surface area contributed by atoms with Crippen LogP contribution >= 0.6 is 32.5 Å². The van der Waals surface area contributed by atoms with Crippen molar-refractivity contribution in [1.29, 1.82) is 0 Å². The molecule has 0 aliphatic rings. The average Bonchev–Trinajstić information content (AvgIpc) is 0.918. The summed E-state index contributed by atoms with van der Waals surface area (Å²) in [4.78, 5) is 0. The molecular formula is Br2LaO. The van der Waals surface area contributed by atoms with Crippen LogP contribution in [0.25, 0.3) is 0 Å². The van der Waals surface area contributed by atoms with Crippen LogP contribution in [0.1, 0.15) is 0 Å². The topological polar surface area (TPSA) is 9.23 Å². The van der Waals surface area contributed by atoms with Gasteiger partial charge in [0.1, 0.15) is 32.5 Å². The van der Waals surface area contributed by atoms with Crippen LogP contribution in [0.4, 0.5) is 0 Å². The van der Waals surface area contributed by atoms with Crippen molar-refractivity contribution in [3.63, 3.8) is 0 Å². The van der Waals surface area contributed by atoms with E-state index >= 15 is 0 Å². The van der Waals surface area contributed by atoms with Gasteiger partial charge in [0.05, 0.1) is 0 Å². The van der Waals surface area contributed by atoms with Gasteiger partial charge in [-0.3, -0.25) is 0 Å².